The van der Waals surface area contributed by atoms with Crippen LogP contribution in [0.5, 0.6) is 0 Å². The molecule has 5 aliphatic carbocycles. The molecule has 5 rings (SSSR count). The van der Waals surface area contributed by atoms with E-state index in [1.807, 2.05) is 11.1 Å². The monoisotopic (exact) mass is 426 g/mol. The molecule has 1 heteroatoms. The van der Waals surface area contributed by atoms with Gasteiger partial charge in [0.2, 0.25) is 0 Å². The lowest BCUT2D eigenvalue weighted by atomic mass is 9.34. The zero-order chi connectivity index (χ0) is 22.6. The molecule has 0 amide bonds. The van der Waals surface area contributed by atoms with Gasteiger partial charge in [0.05, 0.1) is 6.10 Å². The molecule has 0 aromatic heterocycles. The lowest BCUT2D eigenvalue weighted by Crippen LogP contribution is -2.64. The highest BCUT2D eigenvalue weighted by molar-refractivity contribution is 5.38. The Bertz CT molecular complexity index is 792. The van der Waals surface area contributed by atoms with Crippen LogP contribution in [0.4, 0.5) is 0 Å². The third-order valence-corrected chi connectivity index (χ3v) is 13.2. The fourth-order valence-electron chi connectivity index (χ4n) is 10.8. The maximum Gasteiger partial charge on any atom is 0.0594 e. The van der Waals surface area contributed by atoms with Crippen molar-refractivity contribution in [2.75, 3.05) is 0 Å². The van der Waals surface area contributed by atoms with E-state index in [2.05, 4.69) is 55.4 Å². The van der Waals surface area contributed by atoms with Gasteiger partial charge in [-0.2, -0.15) is 0 Å². The average molecular weight is 427 g/mol. The van der Waals surface area contributed by atoms with Crippen LogP contribution in [-0.2, 0) is 0 Å². The van der Waals surface area contributed by atoms with Gasteiger partial charge in [-0.1, -0.05) is 66.5 Å². The topological polar surface area (TPSA) is 20.2 Å². The maximum absolute atomic E-state index is 10.9. The minimum atomic E-state index is -0.119. The number of fused-ring (bicyclic) bond motifs is 6. The minimum absolute atomic E-state index is 0.0619. The summed E-state index contributed by atoms with van der Waals surface area (Å²) in [6.45, 7) is 20.5. The number of hydrogen-bond donors (Lipinski definition) is 1. The predicted octanol–water partition coefficient (Wildman–Crippen LogP) is 8.17. The molecule has 0 bridgehead atoms. The summed E-state index contributed by atoms with van der Waals surface area (Å²) in [4.78, 5) is 0. The first-order chi connectivity index (χ1) is 14.3. The van der Waals surface area contributed by atoms with Crippen molar-refractivity contribution in [2.24, 2.45) is 50.7 Å². The number of hydrogen-bond acceptors (Lipinski definition) is 1. The second-order valence-corrected chi connectivity index (χ2v) is 14.6. The number of allylic oxidation sites excluding steroid dienone is 2. The van der Waals surface area contributed by atoms with E-state index in [9.17, 15) is 5.11 Å². The molecule has 1 nitrogen and oxygen atoms in total. The van der Waals surface area contributed by atoms with Crippen molar-refractivity contribution in [3.05, 3.63) is 11.1 Å². The van der Waals surface area contributed by atoms with Crippen LogP contribution in [0, 0.1) is 50.7 Å². The van der Waals surface area contributed by atoms with Gasteiger partial charge in [-0.05, 0) is 115 Å². The molecule has 0 spiro atoms. The van der Waals surface area contributed by atoms with E-state index in [1.54, 1.807) is 0 Å². The summed E-state index contributed by atoms with van der Waals surface area (Å²) in [7, 11) is 0. The molecular formula is C30H50O. The fourth-order valence-corrected chi connectivity index (χ4v) is 10.8. The van der Waals surface area contributed by atoms with Gasteiger partial charge >= 0.3 is 0 Å². The normalized spacial score (nSPS) is 56.2. The molecule has 0 aromatic carbocycles. The summed E-state index contributed by atoms with van der Waals surface area (Å²) in [6.07, 6.45) is 13.2. The molecule has 4 saturated carbocycles. The van der Waals surface area contributed by atoms with E-state index >= 15 is 0 Å². The summed E-state index contributed by atoms with van der Waals surface area (Å²) in [5.74, 6) is 3.09. The molecule has 4 fully saturated rings. The molecule has 0 aromatic rings. The second-order valence-electron chi connectivity index (χ2n) is 14.6. The Morgan fingerprint density at radius 1 is 0.742 bits per heavy atom. The second kappa shape index (κ2) is 6.64. The summed E-state index contributed by atoms with van der Waals surface area (Å²) < 4.78 is 0. The van der Waals surface area contributed by atoms with Gasteiger partial charge in [-0.15, -0.1) is 0 Å². The van der Waals surface area contributed by atoms with Gasteiger partial charge < -0.3 is 5.11 Å². The smallest absolute Gasteiger partial charge is 0.0594 e. The third kappa shape index (κ3) is 2.65. The van der Waals surface area contributed by atoms with Crippen molar-refractivity contribution in [3.8, 4) is 0 Å². The highest BCUT2D eigenvalue weighted by atomic mass is 16.3. The Morgan fingerprint density at radius 3 is 2.16 bits per heavy atom. The van der Waals surface area contributed by atoms with Crippen LogP contribution in [0.3, 0.4) is 0 Å². The molecule has 1 unspecified atom stereocenters. The maximum atomic E-state index is 10.9. The molecule has 0 aliphatic heterocycles. The quantitative estimate of drug-likeness (QED) is 0.387. The summed E-state index contributed by atoms with van der Waals surface area (Å²) in [5, 5.41) is 10.9. The molecule has 1 N–H and O–H groups in total. The SMILES string of the molecule is C[C@@H]1CC[C@]2(C)CC[C@]3(C)C(=C2[C@H]1C)CC[C@@H]1[C@@]2(C)CC[C@H](O)C(C)(C)C2CC[C@]13C. The van der Waals surface area contributed by atoms with Crippen LogP contribution in [-0.4, -0.2) is 11.2 Å². The first-order valence-corrected chi connectivity index (χ1v) is 13.7. The van der Waals surface area contributed by atoms with Crippen LogP contribution in [0.15, 0.2) is 11.1 Å². The van der Waals surface area contributed by atoms with Gasteiger partial charge in [-0.3, -0.25) is 0 Å². The summed E-state index contributed by atoms with van der Waals surface area (Å²) in [5.41, 5.74) is 5.57. The standard InChI is InChI=1S/C30H50O/c1-19-11-14-27(5)17-18-29(7)21(25(27)20(19)2)9-10-23-28(6)15-13-24(31)26(3,4)22(28)12-16-30(23,29)8/h19-20,22-24,31H,9-18H2,1-8H3/t19-,20+,22?,23-,24+,27-,28+,29-,30-/m1/s1. The van der Waals surface area contributed by atoms with E-state index in [1.165, 1.54) is 57.8 Å². The van der Waals surface area contributed by atoms with E-state index in [0.717, 1.165) is 24.2 Å². The van der Waals surface area contributed by atoms with Crippen molar-refractivity contribution in [1.82, 2.24) is 0 Å². The Labute approximate surface area is 192 Å². The van der Waals surface area contributed by atoms with Crippen LogP contribution in [0.25, 0.3) is 0 Å². The van der Waals surface area contributed by atoms with Crippen molar-refractivity contribution in [2.45, 2.75) is 126 Å². The number of aliphatic hydroxyl groups excluding tert-OH is 1. The summed E-state index contributed by atoms with van der Waals surface area (Å²) >= 11 is 0. The Balaban J connectivity index is 1.61. The Kier molecular flexibility index (Phi) is 4.82. The lowest BCUT2D eigenvalue weighted by molar-refractivity contribution is -0.204. The predicted molar refractivity (Wildman–Crippen MR) is 131 cm³/mol. The molecule has 0 heterocycles. The molecule has 9 atom stereocenters. The number of aliphatic hydroxyl groups is 1. The van der Waals surface area contributed by atoms with Crippen LogP contribution in [0.1, 0.15) is 120 Å². The zero-order valence-corrected chi connectivity index (χ0v) is 21.9. The van der Waals surface area contributed by atoms with Gasteiger partial charge in [-0.25, -0.2) is 0 Å². The van der Waals surface area contributed by atoms with Gasteiger partial charge in [0.1, 0.15) is 0 Å². The molecule has 5 aliphatic rings. The van der Waals surface area contributed by atoms with Crippen molar-refractivity contribution in [1.29, 1.82) is 0 Å². The van der Waals surface area contributed by atoms with Crippen molar-refractivity contribution < 1.29 is 5.11 Å². The van der Waals surface area contributed by atoms with Gasteiger partial charge in [0.25, 0.3) is 0 Å². The summed E-state index contributed by atoms with van der Waals surface area (Å²) in [6, 6.07) is 0. The first kappa shape index (κ1) is 22.5. The van der Waals surface area contributed by atoms with E-state index < -0.39 is 0 Å². The Hall–Kier alpha value is -0.300. The highest BCUT2D eigenvalue weighted by Crippen LogP contribution is 2.75. The lowest BCUT2D eigenvalue weighted by Gasteiger charge is -2.71. The van der Waals surface area contributed by atoms with Gasteiger partial charge in [0, 0.05) is 0 Å². The van der Waals surface area contributed by atoms with Crippen LogP contribution < -0.4 is 0 Å². The highest BCUT2D eigenvalue weighted by Gasteiger charge is 2.67. The van der Waals surface area contributed by atoms with Gasteiger partial charge in [0.15, 0.2) is 0 Å². The van der Waals surface area contributed by atoms with Crippen molar-refractivity contribution in [3.63, 3.8) is 0 Å². The molecule has 176 valence electrons. The van der Waals surface area contributed by atoms with Crippen LogP contribution in [0.2, 0.25) is 0 Å². The fraction of sp³-hybridized carbons (Fsp3) is 0.933. The molecule has 0 radical (unpaired) electrons. The third-order valence-electron chi connectivity index (χ3n) is 13.2. The van der Waals surface area contributed by atoms with E-state index in [0.29, 0.717) is 27.6 Å². The minimum Gasteiger partial charge on any atom is -0.393 e. The zero-order valence-electron chi connectivity index (χ0n) is 21.9. The van der Waals surface area contributed by atoms with E-state index in [-0.39, 0.29) is 11.5 Å². The van der Waals surface area contributed by atoms with Crippen LogP contribution >= 0.6 is 0 Å². The average Bonchev–Trinajstić information content (AvgIpc) is 2.69. The van der Waals surface area contributed by atoms with Crippen molar-refractivity contribution >= 4 is 0 Å². The first-order valence-electron chi connectivity index (χ1n) is 13.7. The molecule has 0 saturated heterocycles. The Morgan fingerprint density at radius 2 is 1.45 bits per heavy atom. The largest absolute Gasteiger partial charge is 0.393 e. The van der Waals surface area contributed by atoms with E-state index in [4.69, 9.17) is 0 Å². The molecule has 31 heavy (non-hydrogen) atoms. The number of rotatable bonds is 0. The molecular weight excluding hydrogens is 376 g/mol.